The molecule has 26 heavy (non-hydrogen) atoms. The van der Waals surface area contributed by atoms with E-state index in [2.05, 4.69) is 41.4 Å². The van der Waals surface area contributed by atoms with E-state index >= 15 is 0 Å². The lowest BCUT2D eigenvalue weighted by molar-refractivity contribution is -0.121. The van der Waals surface area contributed by atoms with Crippen molar-refractivity contribution in [3.8, 4) is 0 Å². The average Bonchev–Trinajstić information content (AvgIpc) is 3.42. The lowest BCUT2D eigenvalue weighted by atomic mass is 10.0. The Labute approximate surface area is 157 Å². The minimum absolute atomic E-state index is 0.208. The molecule has 2 heterocycles. The van der Waals surface area contributed by atoms with Crippen molar-refractivity contribution in [2.24, 2.45) is 5.92 Å². The normalized spacial score (nSPS) is 28.7. The lowest BCUT2D eigenvalue weighted by Gasteiger charge is -2.35. The molecule has 1 saturated carbocycles. The van der Waals surface area contributed by atoms with Crippen LogP contribution in [-0.2, 0) is 22.4 Å². The zero-order chi connectivity index (χ0) is 17.9. The molecule has 4 heteroatoms. The average molecular weight is 357 g/mol. The van der Waals surface area contributed by atoms with Crippen molar-refractivity contribution in [1.82, 2.24) is 10.2 Å². The number of carbonyl (C=O) groups is 1. The fourth-order valence-corrected chi connectivity index (χ4v) is 4.45. The highest BCUT2D eigenvalue weighted by Gasteiger charge is 2.42. The minimum atomic E-state index is 0.208. The van der Waals surface area contributed by atoms with Crippen LogP contribution in [0.3, 0.4) is 0 Å². The molecule has 0 radical (unpaired) electrons. The summed E-state index contributed by atoms with van der Waals surface area (Å²) in [5, 5.41) is 3.26. The molecule has 0 bridgehead atoms. The maximum atomic E-state index is 12.3. The maximum Gasteiger partial charge on any atom is 0.220 e. The molecule has 4 nitrogen and oxygen atoms in total. The lowest BCUT2D eigenvalue weighted by Crippen LogP contribution is -2.47. The number of nitrogens with one attached hydrogen (secondary N) is 1. The molecule has 142 valence electrons. The fourth-order valence-electron chi connectivity index (χ4n) is 4.45. The van der Waals surface area contributed by atoms with Crippen LogP contribution in [0, 0.1) is 5.92 Å². The Bertz CT molecular complexity index is 611. The molecule has 1 N–H and O–H groups in total. The number of fused-ring (bicyclic) bond motifs is 1. The second-order valence-electron chi connectivity index (χ2n) is 8.34. The molecule has 1 aromatic carbocycles. The van der Waals surface area contributed by atoms with E-state index in [1.54, 1.807) is 0 Å². The SMILES string of the molecule is CCc1ccc(CCCC(=O)N[C@@H]2C[C@H]3CO[C@@H](C4CC4)CN3C2)cc1. The number of nitrogens with zero attached hydrogens (tertiary/aromatic N) is 1. The van der Waals surface area contributed by atoms with Gasteiger partial charge in [0.1, 0.15) is 0 Å². The standard InChI is InChI=1S/C22H32N2O2/c1-2-16-6-8-17(9-7-16)4-3-5-22(25)23-19-12-20-15-26-21(18-10-11-18)14-24(20)13-19/h6-9,18-21H,2-5,10-15H2,1H3,(H,23,25)/t19-,20+,21-/m1/s1. The molecular formula is C22H32N2O2. The molecule has 4 rings (SSSR count). The van der Waals surface area contributed by atoms with Crippen LogP contribution in [0.25, 0.3) is 0 Å². The predicted molar refractivity (Wildman–Crippen MR) is 103 cm³/mol. The van der Waals surface area contributed by atoms with Crippen LogP contribution in [0.2, 0.25) is 0 Å². The van der Waals surface area contributed by atoms with Gasteiger partial charge in [-0.3, -0.25) is 9.69 Å². The highest BCUT2D eigenvalue weighted by molar-refractivity contribution is 5.76. The van der Waals surface area contributed by atoms with Gasteiger partial charge in [0.15, 0.2) is 0 Å². The van der Waals surface area contributed by atoms with Crippen molar-refractivity contribution in [2.45, 2.75) is 70.1 Å². The zero-order valence-corrected chi connectivity index (χ0v) is 16.0. The molecule has 2 saturated heterocycles. The Morgan fingerprint density at radius 1 is 1.19 bits per heavy atom. The summed E-state index contributed by atoms with van der Waals surface area (Å²) < 4.78 is 6.05. The molecule has 3 fully saturated rings. The molecule has 1 amide bonds. The quantitative estimate of drug-likeness (QED) is 0.817. The third-order valence-electron chi connectivity index (χ3n) is 6.26. The molecular weight excluding hydrogens is 324 g/mol. The van der Waals surface area contributed by atoms with E-state index in [-0.39, 0.29) is 5.91 Å². The topological polar surface area (TPSA) is 41.6 Å². The van der Waals surface area contributed by atoms with Crippen molar-refractivity contribution in [3.05, 3.63) is 35.4 Å². The van der Waals surface area contributed by atoms with Crippen LogP contribution < -0.4 is 5.32 Å². The summed E-state index contributed by atoms with van der Waals surface area (Å²) in [5.41, 5.74) is 2.70. The van der Waals surface area contributed by atoms with Gasteiger partial charge in [-0.15, -0.1) is 0 Å². The zero-order valence-electron chi connectivity index (χ0n) is 16.0. The summed E-state index contributed by atoms with van der Waals surface area (Å²) in [6.45, 7) is 5.09. The summed E-state index contributed by atoms with van der Waals surface area (Å²) in [4.78, 5) is 14.9. The third-order valence-corrected chi connectivity index (χ3v) is 6.26. The van der Waals surface area contributed by atoms with Gasteiger partial charge in [0.2, 0.25) is 5.91 Å². The molecule has 1 aliphatic carbocycles. The van der Waals surface area contributed by atoms with E-state index in [1.807, 2.05) is 0 Å². The highest BCUT2D eigenvalue weighted by Crippen LogP contribution is 2.37. The second kappa shape index (κ2) is 8.10. The predicted octanol–water partition coefficient (Wildman–Crippen LogP) is 2.94. The first-order valence-corrected chi connectivity index (χ1v) is 10.4. The van der Waals surface area contributed by atoms with Crippen molar-refractivity contribution in [1.29, 1.82) is 0 Å². The Kier molecular flexibility index (Phi) is 5.60. The highest BCUT2D eigenvalue weighted by atomic mass is 16.5. The van der Waals surface area contributed by atoms with Gasteiger partial charge in [0.25, 0.3) is 0 Å². The smallest absolute Gasteiger partial charge is 0.220 e. The molecule has 3 atom stereocenters. The van der Waals surface area contributed by atoms with Crippen LogP contribution >= 0.6 is 0 Å². The van der Waals surface area contributed by atoms with Crippen LogP contribution in [0.4, 0.5) is 0 Å². The molecule has 0 aromatic heterocycles. The Morgan fingerprint density at radius 2 is 1.96 bits per heavy atom. The fraction of sp³-hybridized carbons (Fsp3) is 0.682. The number of benzene rings is 1. The van der Waals surface area contributed by atoms with Crippen molar-refractivity contribution < 1.29 is 9.53 Å². The maximum absolute atomic E-state index is 12.3. The number of hydrogen-bond donors (Lipinski definition) is 1. The van der Waals surface area contributed by atoms with E-state index < -0.39 is 0 Å². The number of ether oxygens (including phenoxy) is 1. The first-order chi connectivity index (χ1) is 12.7. The minimum Gasteiger partial charge on any atom is -0.375 e. The summed E-state index contributed by atoms with van der Waals surface area (Å²) in [6, 6.07) is 9.59. The van der Waals surface area contributed by atoms with Gasteiger partial charge in [0.05, 0.1) is 12.7 Å². The van der Waals surface area contributed by atoms with Crippen molar-refractivity contribution in [3.63, 3.8) is 0 Å². The largest absolute Gasteiger partial charge is 0.375 e. The molecule has 2 aliphatic heterocycles. The van der Waals surface area contributed by atoms with Gasteiger partial charge in [-0.2, -0.15) is 0 Å². The van der Waals surface area contributed by atoms with Gasteiger partial charge in [-0.05, 0) is 55.6 Å². The summed E-state index contributed by atoms with van der Waals surface area (Å²) >= 11 is 0. The van der Waals surface area contributed by atoms with Gasteiger partial charge in [-0.25, -0.2) is 0 Å². The van der Waals surface area contributed by atoms with Gasteiger partial charge >= 0.3 is 0 Å². The Morgan fingerprint density at radius 3 is 2.69 bits per heavy atom. The number of carbonyl (C=O) groups excluding carboxylic acids is 1. The number of aryl methyl sites for hydroxylation is 2. The summed E-state index contributed by atoms with van der Waals surface area (Å²) in [7, 11) is 0. The molecule has 1 aromatic rings. The van der Waals surface area contributed by atoms with E-state index in [0.29, 0.717) is 24.6 Å². The van der Waals surface area contributed by atoms with E-state index in [1.165, 1.54) is 24.0 Å². The monoisotopic (exact) mass is 356 g/mol. The van der Waals surface area contributed by atoms with Gasteiger partial charge in [0, 0.05) is 31.6 Å². The van der Waals surface area contributed by atoms with E-state index in [9.17, 15) is 4.79 Å². The van der Waals surface area contributed by atoms with Crippen LogP contribution in [0.15, 0.2) is 24.3 Å². The molecule has 3 aliphatic rings. The summed E-state index contributed by atoms with van der Waals surface area (Å²) in [5.74, 6) is 1.01. The van der Waals surface area contributed by atoms with E-state index in [0.717, 1.165) is 51.3 Å². The van der Waals surface area contributed by atoms with Gasteiger partial charge < -0.3 is 10.1 Å². The molecule has 0 spiro atoms. The van der Waals surface area contributed by atoms with Crippen molar-refractivity contribution in [2.75, 3.05) is 19.7 Å². The number of amides is 1. The van der Waals surface area contributed by atoms with Gasteiger partial charge in [-0.1, -0.05) is 31.2 Å². The van der Waals surface area contributed by atoms with Crippen LogP contribution in [0.5, 0.6) is 0 Å². The number of rotatable bonds is 7. The number of morpholine rings is 1. The molecule has 0 unspecified atom stereocenters. The second-order valence-corrected chi connectivity index (χ2v) is 8.34. The summed E-state index contributed by atoms with van der Waals surface area (Å²) in [6.07, 6.45) is 7.76. The third kappa shape index (κ3) is 4.47. The van der Waals surface area contributed by atoms with Crippen molar-refractivity contribution >= 4 is 5.91 Å². The van der Waals surface area contributed by atoms with Crippen LogP contribution in [-0.4, -0.2) is 48.7 Å². The first-order valence-electron chi connectivity index (χ1n) is 10.4. The van der Waals surface area contributed by atoms with Crippen LogP contribution in [0.1, 0.15) is 50.2 Å². The Balaban J connectivity index is 1.17. The Hall–Kier alpha value is -1.39. The van der Waals surface area contributed by atoms with E-state index in [4.69, 9.17) is 4.74 Å². The first kappa shape index (κ1) is 18.0. The number of hydrogen-bond acceptors (Lipinski definition) is 3.